The Morgan fingerprint density at radius 2 is 2.08 bits per heavy atom. The lowest BCUT2D eigenvalue weighted by molar-refractivity contribution is 0.534. The van der Waals surface area contributed by atoms with Crippen molar-refractivity contribution >= 4 is 25.4 Å². The van der Waals surface area contributed by atoms with Crippen molar-refractivity contribution in [3.8, 4) is 0 Å². The zero-order chi connectivity index (χ0) is 9.64. The number of nitrogens with zero attached hydrogens (tertiary/aromatic N) is 1. The highest BCUT2D eigenvalue weighted by molar-refractivity contribution is 8.85. The first-order valence-corrected chi connectivity index (χ1v) is 6.93. The molecule has 0 saturated heterocycles. The van der Waals surface area contributed by atoms with E-state index in [0.717, 1.165) is 0 Å². The third-order valence-electron chi connectivity index (χ3n) is 2.09. The maximum absolute atomic E-state index is 2.35. The molecule has 0 spiro atoms. The SMILES string of the molecule is CN1C=CC2=S1SC(C(C)(C)C)=C2. The Morgan fingerprint density at radius 3 is 2.62 bits per heavy atom. The standard InChI is InChI=1S/C10H15NS2/c1-10(2,3)9-7-8-5-6-11(4)13(8)12-9/h5-7H,1-4H3. The quantitative estimate of drug-likeness (QED) is 0.448. The van der Waals surface area contributed by atoms with Gasteiger partial charge in [-0.15, -0.1) is 0 Å². The van der Waals surface area contributed by atoms with Crippen LogP contribution in [0.15, 0.2) is 23.3 Å². The highest BCUT2D eigenvalue weighted by Gasteiger charge is 2.27. The summed E-state index contributed by atoms with van der Waals surface area (Å²) >= 11 is 0. The van der Waals surface area contributed by atoms with Crippen LogP contribution in [0.5, 0.6) is 0 Å². The van der Waals surface area contributed by atoms with Gasteiger partial charge in [-0.05, 0) is 38.1 Å². The minimum Gasteiger partial charge on any atom is -0.323 e. The van der Waals surface area contributed by atoms with Crippen LogP contribution in [0, 0.1) is 5.41 Å². The van der Waals surface area contributed by atoms with Crippen molar-refractivity contribution in [2.45, 2.75) is 20.8 Å². The van der Waals surface area contributed by atoms with Gasteiger partial charge in [-0.25, -0.2) is 0 Å². The second kappa shape index (κ2) is 2.92. The molecule has 3 heteroatoms. The van der Waals surface area contributed by atoms with Gasteiger partial charge in [0, 0.05) is 23.0 Å². The molecule has 0 saturated carbocycles. The second-order valence-electron chi connectivity index (χ2n) is 4.36. The second-order valence-corrected chi connectivity index (χ2v) is 7.95. The Balaban J connectivity index is 2.25. The van der Waals surface area contributed by atoms with Gasteiger partial charge in [0.25, 0.3) is 0 Å². The van der Waals surface area contributed by atoms with Gasteiger partial charge in [0.15, 0.2) is 0 Å². The third-order valence-corrected chi connectivity index (χ3v) is 6.76. The molecule has 1 nitrogen and oxygen atoms in total. The van der Waals surface area contributed by atoms with Crippen molar-refractivity contribution in [1.29, 1.82) is 0 Å². The Bertz CT molecular complexity index is 331. The van der Waals surface area contributed by atoms with Gasteiger partial charge in [-0.3, -0.25) is 0 Å². The highest BCUT2D eigenvalue weighted by atomic mass is 33.1. The molecule has 0 fully saturated rings. The van der Waals surface area contributed by atoms with Crippen molar-refractivity contribution in [2.24, 2.45) is 5.41 Å². The molecule has 2 aliphatic rings. The number of rotatable bonds is 0. The molecular formula is C10H15NS2. The van der Waals surface area contributed by atoms with Crippen LogP contribution in [0.25, 0.3) is 0 Å². The molecule has 72 valence electrons. The summed E-state index contributed by atoms with van der Waals surface area (Å²) in [7, 11) is 4.44. The van der Waals surface area contributed by atoms with Gasteiger partial charge < -0.3 is 4.31 Å². The minimum atomic E-state index is 0.274. The molecule has 0 bridgehead atoms. The molecule has 2 rings (SSSR count). The lowest BCUT2D eigenvalue weighted by Crippen LogP contribution is -2.06. The number of hydrogen-bond donors (Lipinski definition) is 0. The Morgan fingerprint density at radius 1 is 1.38 bits per heavy atom. The normalized spacial score (nSPS) is 26.8. The van der Waals surface area contributed by atoms with Crippen LogP contribution >= 0.6 is 20.5 Å². The smallest absolute Gasteiger partial charge is 0.0301 e. The van der Waals surface area contributed by atoms with E-state index in [0.29, 0.717) is 5.41 Å². The van der Waals surface area contributed by atoms with E-state index in [2.05, 4.69) is 50.5 Å². The van der Waals surface area contributed by atoms with Gasteiger partial charge in [0.05, 0.1) is 0 Å². The molecular weight excluding hydrogens is 198 g/mol. The van der Waals surface area contributed by atoms with Gasteiger partial charge in [0.2, 0.25) is 0 Å². The highest BCUT2D eigenvalue weighted by Crippen LogP contribution is 2.53. The first-order valence-electron chi connectivity index (χ1n) is 4.41. The summed E-state index contributed by atoms with van der Waals surface area (Å²) in [4.78, 5) is 3.00. The summed E-state index contributed by atoms with van der Waals surface area (Å²) < 4.78 is 2.30. The van der Waals surface area contributed by atoms with Crippen molar-refractivity contribution in [2.75, 3.05) is 7.05 Å². The summed E-state index contributed by atoms with van der Waals surface area (Å²) in [5.74, 6) is 0. The first kappa shape index (κ1) is 9.41. The van der Waals surface area contributed by atoms with Crippen molar-refractivity contribution < 1.29 is 0 Å². The Labute approximate surface area is 86.3 Å². The minimum absolute atomic E-state index is 0.274. The predicted octanol–water partition coefficient (Wildman–Crippen LogP) is 3.39. The molecule has 0 aliphatic carbocycles. The van der Waals surface area contributed by atoms with E-state index < -0.39 is 0 Å². The molecule has 0 amide bonds. The fraction of sp³-hybridized carbons (Fsp3) is 0.500. The van der Waals surface area contributed by atoms with Gasteiger partial charge in [-0.1, -0.05) is 20.8 Å². The molecule has 1 atom stereocenters. The Hall–Kier alpha value is -0.150. The Kier molecular flexibility index (Phi) is 2.11. The van der Waals surface area contributed by atoms with Gasteiger partial charge >= 0.3 is 0 Å². The predicted molar refractivity (Wildman–Crippen MR) is 64.6 cm³/mol. The van der Waals surface area contributed by atoms with E-state index in [-0.39, 0.29) is 9.70 Å². The van der Waals surface area contributed by atoms with Crippen LogP contribution in [-0.2, 0) is 0 Å². The van der Waals surface area contributed by atoms with Crippen molar-refractivity contribution in [3.05, 3.63) is 23.3 Å². The number of hydrogen-bond acceptors (Lipinski definition) is 2. The molecule has 13 heavy (non-hydrogen) atoms. The van der Waals surface area contributed by atoms with Gasteiger partial charge in [-0.2, -0.15) is 0 Å². The zero-order valence-electron chi connectivity index (χ0n) is 8.50. The molecule has 1 unspecified atom stereocenters. The molecule has 0 aromatic rings. The summed E-state index contributed by atoms with van der Waals surface area (Å²) in [6.45, 7) is 6.84. The third kappa shape index (κ3) is 1.59. The zero-order valence-corrected chi connectivity index (χ0v) is 10.1. The van der Waals surface area contributed by atoms with E-state index >= 15 is 0 Å². The summed E-state index contributed by atoms with van der Waals surface area (Å²) in [5.41, 5.74) is 0.309. The molecule has 0 radical (unpaired) electrons. The molecule has 0 aromatic heterocycles. The van der Waals surface area contributed by atoms with Crippen LogP contribution in [0.3, 0.4) is 0 Å². The van der Waals surface area contributed by atoms with E-state index in [1.807, 2.05) is 10.8 Å². The van der Waals surface area contributed by atoms with Crippen LogP contribution < -0.4 is 0 Å². The van der Waals surface area contributed by atoms with E-state index in [1.165, 1.54) is 9.77 Å². The molecule has 0 aromatic carbocycles. The van der Waals surface area contributed by atoms with Crippen LogP contribution in [0.2, 0.25) is 0 Å². The topological polar surface area (TPSA) is 3.24 Å². The fourth-order valence-electron chi connectivity index (χ4n) is 1.24. The van der Waals surface area contributed by atoms with E-state index in [4.69, 9.17) is 0 Å². The fourth-order valence-corrected chi connectivity index (χ4v) is 5.53. The molecule has 2 heterocycles. The molecule has 2 aliphatic heterocycles. The molecule has 0 N–H and O–H groups in total. The van der Waals surface area contributed by atoms with E-state index in [1.54, 1.807) is 0 Å². The monoisotopic (exact) mass is 213 g/mol. The maximum Gasteiger partial charge on any atom is 0.0301 e. The maximum atomic E-state index is 2.35. The van der Waals surface area contributed by atoms with Crippen LogP contribution in [0.1, 0.15) is 20.8 Å². The number of allylic oxidation sites excluding steroid dienone is 3. The lowest BCUT2D eigenvalue weighted by atomic mass is 9.95. The summed E-state index contributed by atoms with van der Waals surface area (Å²) in [6.07, 6.45) is 6.75. The van der Waals surface area contributed by atoms with E-state index in [9.17, 15) is 0 Å². The largest absolute Gasteiger partial charge is 0.323 e. The summed E-state index contributed by atoms with van der Waals surface area (Å²) in [5, 5.41) is 0. The van der Waals surface area contributed by atoms with Gasteiger partial charge in [0.1, 0.15) is 0 Å². The van der Waals surface area contributed by atoms with Crippen molar-refractivity contribution in [1.82, 2.24) is 4.31 Å². The lowest BCUT2D eigenvalue weighted by Gasteiger charge is -2.22. The van der Waals surface area contributed by atoms with Crippen LogP contribution in [-0.4, -0.2) is 16.2 Å². The average Bonchev–Trinajstić information content (AvgIpc) is 2.51. The van der Waals surface area contributed by atoms with Crippen molar-refractivity contribution in [3.63, 3.8) is 0 Å². The first-order chi connectivity index (χ1) is 5.98. The summed E-state index contributed by atoms with van der Waals surface area (Å²) in [6, 6.07) is 0. The van der Waals surface area contributed by atoms with Crippen LogP contribution in [0.4, 0.5) is 0 Å². The average molecular weight is 213 g/mol.